The van der Waals surface area contributed by atoms with Crippen LogP contribution in [0.2, 0.25) is 0 Å². The summed E-state index contributed by atoms with van der Waals surface area (Å²) >= 11 is 0. The number of carbonyl (C=O) groups excluding carboxylic acids is 2. The highest BCUT2D eigenvalue weighted by atomic mass is 16.5. The molecule has 1 saturated carbocycles. The lowest BCUT2D eigenvalue weighted by atomic mass is 9.89. The standard InChI is InChI=1S/C17H24N2O3/c1-12-8-9-14(16(20)22-2)10-15(12)19-17(21)18-11-13-6-4-3-5-7-13/h8-10,13H,3-7,11H2,1-2H3,(H2,18,19,21). The first-order valence-corrected chi connectivity index (χ1v) is 7.84. The number of ether oxygens (including phenoxy) is 1. The van der Waals surface area contributed by atoms with Crippen LogP contribution in [0, 0.1) is 12.8 Å². The molecule has 2 rings (SSSR count). The van der Waals surface area contributed by atoms with Gasteiger partial charge in [-0.1, -0.05) is 25.3 Å². The first kappa shape index (κ1) is 16.3. The Morgan fingerprint density at radius 2 is 1.95 bits per heavy atom. The van der Waals surface area contributed by atoms with Crippen molar-refractivity contribution >= 4 is 17.7 Å². The molecule has 5 nitrogen and oxygen atoms in total. The van der Waals surface area contributed by atoms with E-state index in [4.69, 9.17) is 4.74 Å². The molecule has 1 aromatic carbocycles. The van der Waals surface area contributed by atoms with Crippen molar-refractivity contribution in [3.8, 4) is 0 Å². The molecule has 22 heavy (non-hydrogen) atoms. The molecule has 0 spiro atoms. The van der Waals surface area contributed by atoms with Gasteiger partial charge >= 0.3 is 12.0 Å². The lowest BCUT2D eigenvalue weighted by Gasteiger charge is -2.22. The van der Waals surface area contributed by atoms with Crippen LogP contribution in [0.15, 0.2) is 18.2 Å². The predicted molar refractivity (Wildman–Crippen MR) is 86.1 cm³/mol. The summed E-state index contributed by atoms with van der Waals surface area (Å²) in [7, 11) is 1.34. The molecule has 2 N–H and O–H groups in total. The van der Waals surface area contributed by atoms with Crippen LogP contribution in [-0.4, -0.2) is 25.7 Å². The number of hydrogen-bond acceptors (Lipinski definition) is 3. The fraction of sp³-hybridized carbons (Fsp3) is 0.529. The zero-order valence-corrected chi connectivity index (χ0v) is 13.3. The van der Waals surface area contributed by atoms with Crippen molar-refractivity contribution in [1.29, 1.82) is 0 Å². The summed E-state index contributed by atoms with van der Waals surface area (Å²) in [6, 6.07) is 4.90. The highest BCUT2D eigenvalue weighted by molar-refractivity contribution is 5.94. The summed E-state index contributed by atoms with van der Waals surface area (Å²) in [4.78, 5) is 23.6. The summed E-state index contributed by atoms with van der Waals surface area (Å²) in [5.74, 6) is 0.174. The number of methoxy groups -OCH3 is 1. The number of carbonyl (C=O) groups is 2. The van der Waals surface area contributed by atoms with E-state index in [-0.39, 0.29) is 6.03 Å². The summed E-state index contributed by atoms with van der Waals surface area (Å²) in [5, 5.41) is 5.74. The molecule has 120 valence electrons. The highest BCUT2D eigenvalue weighted by Gasteiger charge is 2.15. The number of anilines is 1. The van der Waals surface area contributed by atoms with Gasteiger partial charge in [0, 0.05) is 12.2 Å². The third-order valence-corrected chi connectivity index (χ3v) is 4.18. The van der Waals surface area contributed by atoms with E-state index in [0.717, 1.165) is 5.56 Å². The maximum Gasteiger partial charge on any atom is 0.337 e. The van der Waals surface area contributed by atoms with Crippen LogP contribution >= 0.6 is 0 Å². The predicted octanol–water partition coefficient (Wildman–Crippen LogP) is 3.48. The second kappa shape index (κ2) is 7.82. The lowest BCUT2D eigenvalue weighted by molar-refractivity contribution is 0.0600. The van der Waals surface area contributed by atoms with Crippen LogP contribution in [0.4, 0.5) is 10.5 Å². The molecular formula is C17H24N2O3. The van der Waals surface area contributed by atoms with Crippen LogP contribution in [0.25, 0.3) is 0 Å². The van der Waals surface area contributed by atoms with Crippen molar-refractivity contribution in [2.24, 2.45) is 5.92 Å². The molecule has 5 heteroatoms. The van der Waals surface area contributed by atoms with Crippen molar-refractivity contribution < 1.29 is 14.3 Å². The van der Waals surface area contributed by atoms with Gasteiger partial charge in [0.05, 0.1) is 12.7 Å². The monoisotopic (exact) mass is 304 g/mol. The Labute approximate surface area is 131 Å². The third-order valence-electron chi connectivity index (χ3n) is 4.18. The molecule has 0 radical (unpaired) electrons. The van der Waals surface area contributed by atoms with E-state index in [1.165, 1.54) is 39.2 Å². The van der Waals surface area contributed by atoms with Crippen molar-refractivity contribution in [2.75, 3.05) is 19.0 Å². The number of esters is 1. The maximum atomic E-state index is 12.0. The van der Waals surface area contributed by atoms with E-state index < -0.39 is 5.97 Å². The molecule has 0 heterocycles. The van der Waals surface area contributed by atoms with Crippen molar-refractivity contribution in [3.63, 3.8) is 0 Å². The van der Waals surface area contributed by atoms with Gasteiger partial charge in [0.2, 0.25) is 0 Å². The van der Waals surface area contributed by atoms with Gasteiger partial charge in [-0.25, -0.2) is 9.59 Å². The van der Waals surface area contributed by atoms with E-state index in [0.29, 0.717) is 23.7 Å². The molecule has 0 bridgehead atoms. The van der Waals surface area contributed by atoms with Gasteiger partial charge in [-0.3, -0.25) is 0 Å². The van der Waals surface area contributed by atoms with Gasteiger partial charge in [0.1, 0.15) is 0 Å². The molecule has 1 fully saturated rings. The molecule has 0 unspecified atom stereocenters. The fourth-order valence-electron chi connectivity index (χ4n) is 2.80. The third kappa shape index (κ3) is 4.48. The molecule has 0 aromatic heterocycles. The summed E-state index contributed by atoms with van der Waals surface area (Å²) in [6.07, 6.45) is 6.21. The van der Waals surface area contributed by atoms with Gasteiger partial charge in [0.15, 0.2) is 0 Å². The zero-order chi connectivity index (χ0) is 15.9. The van der Waals surface area contributed by atoms with Crippen LogP contribution < -0.4 is 10.6 Å². The molecule has 2 amide bonds. The first-order chi connectivity index (χ1) is 10.6. The van der Waals surface area contributed by atoms with Crippen LogP contribution in [0.5, 0.6) is 0 Å². The van der Waals surface area contributed by atoms with E-state index in [1.54, 1.807) is 18.2 Å². The maximum absolute atomic E-state index is 12.0. The Bertz CT molecular complexity index is 537. The molecule has 0 aliphatic heterocycles. The Kier molecular flexibility index (Phi) is 5.81. The van der Waals surface area contributed by atoms with E-state index in [1.807, 2.05) is 6.92 Å². The minimum absolute atomic E-state index is 0.226. The van der Waals surface area contributed by atoms with Gasteiger partial charge in [-0.2, -0.15) is 0 Å². The zero-order valence-electron chi connectivity index (χ0n) is 13.3. The first-order valence-electron chi connectivity index (χ1n) is 7.84. The number of benzene rings is 1. The summed E-state index contributed by atoms with van der Waals surface area (Å²) in [5.41, 5.74) is 1.96. The van der Waals surface area contributed by atoms with Crippen LogP contribution in [0.1, 0.15) is 48.0 Å². The average Bonchev–Trinajstić information content (AvgIpc) is 2.55. The molecule has 1 aromatic rings. The molecule has 0 atom stereocenters. The quantitative estimate of drug-likeness (QED) is 0.837. The van der Waals surface area contributed by atoms with Crippen LogP contribution in [0.3, 0.4) is 0 Å². The minimum atomic E-state index is -0.411. The molecular weight excluding hydrogens is 280 g/mol. The van der Waals surface area contributed by atoms with E-state index in [9.17, 15) is 9.59 Å². The smallest absolute Gasteiger partial charge is 0.337 e. The number of amides is 2. The molecule has 1 aliphatic rings. The van der Waals surface area contributed by atoms with Crippen molar-refractivity contribution in [1.82, 2.24) is 5.32 Å². The Morgan fingerprint density at radius 3 is 2.64 bits per heavy atom. The van der Waals surface area contributed by atoms with Crippen molar-refractivity contribution in [2.45, 2.75) is 39.0 Å². The molecule has 1 aliphatic carbocycles. The Morgan fingerprint density at radius 1 is 1.23 bits per heavy atom. The van der Waals surface area contributed by atoms with Crippen LogP contribution in [-0.2, 0) is 4.74 Å². The normalized spacial score (nSPS) is 15.2. The number of aryl methyl sites for hydroxylation is 1. The van der Waals surface area contributed by atoms with Crippen molar-refractivity contribution in [3.05, 3.63) is 29.3 Å². The van der Waals surface area contributed by atoms with E-state index >= 15 is 0 Å². The van der Waals surface area contributed by atoms with E-state index in [2.05, 4.69) is 10.6 Å². The van der Waals surface area contributed by atoms with Gasteiger partial charge in [-0.15, -0.1) is 0 Å². The van der Waals surface area contributed by atoms with Gasteiger partial charge < -0.3 is 15.4 Å². The fourth-order valence-corrected chi connectivity index (χ4v) is 2.80. The SMILES string of the molecule is COC(=O)c1ccc(C)c(NC(=O)NCC2CCCCC2)c1. The van der Waals surface area contributed by atoms with Gasteiger partial charge in [0.25, 0.3) is 0 Å². The second-order valence-electron chi connectivity index (χ2n) is 5.86. The molecule has 0 saturated heterocycles. The summed E-state index contributed by atoms with van der Waals surface area (Å²) in [6.45, 7) is 2.60. The average molecular weight is 304 g/mol. The minimum Gasteiger partial charge on any atom is -0.465 e. The number of urea groups is 1. The Balaban J connectivity index is 1.91. The summed E-state index contributed by atoms with van der Waals surface area (Å²) < 4.78 is 4.70. The number of rotatable bonds is 4. The van der Waals surface area contributed by atoms with Gasteiger partial charge in [-0.05, 0) is 43.4 Å². The topological polar surface area (TPSA) is 67.4 Å². The number of hydrogen-bond donors (Lipinski definition) is 2. The number of nitrogens with one attached hydrogen (secondary N) is 2. The highest BCUT2D eigenvalue weighted by Crippen LogP contribution is 2.23. The lowest BCUT2D eigenvalue weighted by Crippen LogP contribution is -2.34. The second-order valence-corrected chi connectivity index (χ2v) is 5.86. The Hall–Kier alpha value is -2.04. The largest absolute Gasteiger partial charge is 0.465 e.